The van der Waals surface area contributed by atoms with Crippen LogP contribution in [0.4, 0.5) is 0 Å². The van der Waals surface area contributed by atoms with Gasteiger partial charge in [-0.05, 0) is 26.5 Å². The third-order valence-electron chi connectivity index (χ3n) is 5.98. The summed E-state index contributed by atoms with van der Waals surface area (Å²) in [6.07, 6.45) is 0. The summed E-state index contributed by atoms with van der Waals surface area (Å²) in [6.45, 7) is 17.9. The first-order valence-electron chi connectivity index (χ1n) is 11.8. The van der Waals surface area contributed by atoms with Crippen LogP contribution >= 0.6 is 0 Å². The summed E-state index contributed by atoms with van der Waals surface area (Å²) in [4.78, 5) is 0. The summed E-state index contributed by atoms with van der Waals surface area (Å²) >= 11 is 0. The molecule has 0 atom stereocenters. The molecule has 3 fully saturated rings. The monoisotopic (exact) mass is 475 g/mol. The molecule has 9 nitrogen and oxygen atoms in total. The molecule has 11 heteroatoms. The molecule has 3 heterocycles. The van der Waals surface area contributed by atoms with E-state index < -0.39 is 17.4 Å². The largest absolute Gasteiger partial charge is 0.529 e. The Morgan fingerprint density at radius 3 is 1.19 bits per heavy atom. The van der Waals surface area contributed by atoms with Crippen molar-refractivity contribution < 1.29 is 27.5 Å². The molecule has 0 unspecified atom stereocenters. The molecule has 0 aromatic heterocycles. The highest BCUT2D eigenvalue weighted by atomic mass is 28.4. The third kappa shape index (κ3) is 6.24. The van der Waals surface area contributed by atoms with E-state index in [2.05, 4.69) is 25.1 Å². The summed E-state index contributed by atoms with van der Waals surface area (Å²) < 4.78 is 43.7. The van der Waals surface area contributed by atoms with Crippen molar-refractivity contribution in [3.05, 3.63) is 11.4 Å². The van der Waals surface area contributed by atoms with Crippen molar-refractivity contribution in [1.29, 1.82) is 0 Å². The molecule has 3 aliphatic heterocycles. The zero-order chi connectivity index (χ0) is 22.0. The molecule has 0 aromatic carbocycles. The Labute approximate surface area is 189 Å². The zero-order valence-corrected chi connectivity index (χ0v) is 21.6. The van der Waals surface area contributed by atoms with Crippen LogP contribution in [0.1, 0.15) is 20.8 Å². The molecule has 180 valence electrons. The van der Waals surface area contributed by atoms with Crippen molar-refractivity contribution in [3.63, 3.8) is 0 Å². The summed E-state index contributed by atoms with van der Waals surface area (Å²) in [5, 5.41) is 0. The molecule has 0 amide bonds. The first kappa shape index (κ1) is 25.4. The fourth-order valence-corrected chi connectivity index (χ4v) is 12.5. The SMILES string of the molecule is CCO[Si](C=C[Si](N1CCOCC1)(N1CCOCC1)N1CCOCC1)(OCC)OCC. The van der Waals surface area contributed by atoms with Gasteiger partial charge in [-0.1, -0.05) is 5.70 Å². The van der Waals surface area contributed by atoms with Crippen LogP contribution in [0.15, 0.2) is 11.4 Å². The average molecular weight is 476 g/mol. The maximum absolute atomic E-state index is 6.17. The summed E-state index contributed by atoms with van der Waals surface area (Å²) in [7, 11) is -5.33. The highest BCUT2D eigenvalue weighted by Gasteiger charge is 2.52. The van der Waals surface area contributed by atoms with E-state index in [-0.39, 0.29) is 0 Å². The van der Waals surface area contributed by atoms with Gasteiger partial charge in [0.05, 0.1) is 39.6 Å². The van der Waals surface area contributed by atoms with Gasteiger partial charge in [0.2, 0.25) is 0 Å². The Balaban J connectivity index is 2.03. The molecule has 0 bridgehead atoms. The molecule has 0 aliphatic carbocycles. The summed E-state index contributed by atoms with van der Waals surface area (Å²) in [5.74, 6) is 0. The van der Waals surface area contributed by atoms with E-state index in [4.69, 9.17) is 27.5 Å². The second-order valence-corrected chi connectivity index (χ2v) is 13.7. The normalized spacial score (nSPS) is 23.6. The number of morpholine rings is 3. The van der Waals surface area contributed by atoms with Crippen LogP contribution in [-0.4, -0.2) is 130 Å². The quantitative estimate of drug-likeness (QED) is 0.400. The first-order chi connectivity index (χ1) is 15.2. The average Bonchev–Trinajstić information content (AvgIpc) is 2.82. The molecule has 0 aromatic rings. The summed E-state index contributed by atoms with van der Waals surface area (Å²) in [6, 6.07) is 0. The lowest BCUT2D eigenvalue weighted by Crippen LogP contribution is -2.78. The number of rotatable bonds is 11. The van der Waals surface area contributed by atoms with Crippen molar-refractivity contribution in [3.8, 4) is 0 Å². The van der Waals surface area contributed by atoms with Crippen LogP contribution in [-0.2, 0) is 27.5 Å². The van der Waals surface area contributed by atoms with Gasteiger partial charge in [-0.3, -0.25) is 13.7 Å². The van der Waals surface area contributed by atoms with Gasteiger partial charge in [0.15, 0.2) is 0 Å². The lowest BCUT2D eigenvalue weighted by molar-refractivity contribution is 0.0185. The van der Waals surface area contributed by atoms with Gasteiger partial charge < -0.3 is 27.5 Å². The molecule has 3 saturated heterocycles. The van der Waals surface area contributed by atoms with E-state index in [1.54, 1.807) is 0 Å². The van der Waals surface area contributed by atoms with Gasteiger partial charge in [-0.25, -0.2) is 0 Å². The molecule has 0 radical (unpaired) electrons. The molecule has 0 spiro atoms. The van der Waals surface area contributed by atoms with E-state index in [9.17, 15) is 0 Å². The van der Waals surface area contributed by atoms with Gasteiger partial charge in [0.1, 0.15) is 0 Å². The Kier molecular flexibility index (Phi) is 10.6. The lowest BCUT2D eigenvalue weighted by Gasteiger charge is -2.55. The van der Waals surface area contributed by atoms with Crippen LogP contribution in [0, 0.1) is 0 Å². The molecule has 3 rings (SSSR count). The highest BCUT2D eigenvalue weighted by Crippen LogP contribution is 2.27. The van der Waals surface area contributed by atoms with Crippen molar-refractivity contribution in [2.45, 2.75) is 20.8 Å². The smallest absolute Gasteiger partial charge is 0.379 e. The maximum atomic E-state index is 6.17. The number of hydrogen-bond donors (Lipinski definition) is 0. The van der Waals surface area contributed by atoms with Gasteiger partial charge in [-0.2, -0.15) is 0 Å². The minimum Gasteiger partial charge on any atom is -0.379 e. The minimum atomic E-state index is -2.92. The van der Waals surface area contributed by atoms with Crippen molar-refractivity contribution in [2.24, 2.45) is 0 Å². The minimum absolute atomic E-state index is 0.567. The highest BCUT2D eigenvalue weighted by molar-refractivity contribution is 6.79. The fraction of sp³-hybridized carbons (Fsp3) is 0.900. The standard InChI is InChI=1S/C20H41N3O6Si2/c1-4-27-31(28-5-2,29-6-3)20-19-30(21-7-13-24-14-8-21,22-9-15-25-16-10-22)23-11-17-26-18-12-23/h19-20H,4-18H2,1-3H3. The predicted molar refractivity (Wildman–Crippen MR) is 123 cm³/mol. The molecular weight excluding hydrogens is 434 g/mol. The van der Waals surface area contributed by atoms with E-state index in [0.717, 1.165) is 78.9 Å². The van der Waals surface area contributed by atoms with E-state index in [0.29, 0.717) is 19.8 Å². The zero-order valence-electron chi connectivity index (χ0n) is 19.6. The number of nitrogens with zero attached hydrogens (tertiary/aromatic N) is 3. The van der Waals surface area contributed by atoms with Crippen molar-refractivity contribution in [1.82, 2.24) is 13.7 Å². The predicted octanol–water partition coefficient (Wildman–Crippen LogP) is 0.605. The molecule has 0 N–H and O–H groups in total. The van der Waals surface area contributed by atoms with E-state index in [1.165, 1.54) is 0 Å². The number of ether oxygens (including phenoxy) is 3. The number of hydrogen-bond acceptors (Lipinski definition) is 9. The Morgan fingerprint density at radius 1 is 0.581 bits per heavy atom. The van der Waals surface area contributed by atoms with Gasteiger partial charge in [-0.15, -0.1) is 0 Å². The Morgan fingerprint density at radius 2 is 0.903 bits per heavy atom. The van der Waals surface area contributed by atoms with Gasteiger partial charge in [0, 0.05) is 59.1 Å². The van der Waals surface area contributed by atoms with E-state index >= 15 is 0 Å². The van der Waals surface area contributed by atoms with Crippen LogP contribution in [0.2, 0.25) is 0 Å². The van der Waals surface area contributed by atoms with Gasteiger partial charge in [0.25, 0.3) is 0 Å². The Bertz CT molecular complexity index is 478. The Hall–Kier alpha value is -0.186. The van der Waals surface area contributed by atoms with Crippen molar-refractivity contribution in [2.75, 3.05) is 98.7 Å². The molecule has 31 heavy (non-hydrogen) atoms. The van der Waals surface area contributed by atoms with Gasteiger partial charge >= 0.3 is 17.4 Å². The summed E-state index contributed by atoms with van der Waals surface area (Å²) in [5.41, 5.74) is 4.61. The second-order valence-electron chi connectivity index (χ2n) is 7.72. The third-order valence-corrected chi connectivity index (χ3v) is 13.7. The van der Waals surface area contributed by atoms with Crippen molar-refractivity contribution >= 4 is 17.4 Å². The molecule has 0 saturated carbocycles. The van der Waals surface area contributed by atoms with Crippen LogP contribution in [0.25, 0.3) is 0 Å². The van der Waals surface area contributed by atoms with Crippen LogP contribution in [0.3, 0.4) is 0 Å². The van der Waals surface area contributed by atoms with E-state index in [1.807, 2.05) is 20.8 Å². The fourth-order valence-electron chi connectivity index (χ4n) is 4.68. The first-order valence-corrected chi connectivity index (χ1v) is 15.5. The maximum Gasteiger partial charge on any atom is 0.529 e. The van der Waals surface area contributed by atoms with Crippen LogP contribution < -0.4 is 0 Å². The molecule has 3 aliphatic rings. The topological polar surface area (TPSA) is 65.1 Å². The lowest BCUT2D eigenvalue weighted by atomic mass is 10.5. The second kappa shape index (κ2) is 12.9. The molecular formula is C20H41N3O6Si2. The van der Waals surface area contributed by atoms with Crippen LogP contribution in [0.5, 0.6) is 0 Å².